The Hall–Kier alpha value is -1.88. The van der Waals surface area contributed by atoms with Gasteiger partial charge in [0.1, 0.15) is 5.54 Å². The minimum Gasteiger partial charge on any atom is -0.480 e. The summed E-state index contributed by atoms with van der Waals surface area (Å²) >= 11 is 0. The molecule has 21 heavy (non-hydrogen) atoms. The zero-order valence-corrected chi connectivity index (χ0v) is 13.0. The molecule has 0 aliphatic heterocycles. The van der Waals surface area contributed by atoms with Crippen LogP contribution < -0.4 is 5.32 Å². The van der Waals surface area contributed by atoms with Crippen LogP contribution in [0.25, 0.3) is 0 Å². The van der Waals surface area contributed by atoms with E-state index in [1.54, 1.807) is 13.8 Å². The van der Waals surface area contributed by atoms with Crippen LogP contribution in [0.3, 0.4) is 0 Å². The van der Waals surface area contributed by atoms with Crippen LogP contribution in [-0.2, 0) is 20.9 Å². The molecule has 0 saturated carbocycles. The van der Waals surface area contributed by atoms with E-state index in [2.05, 4.69) is 5.32 Å². The van der Waals surface area contributed by atoms with Gasteiger partial charge in [-0.3, -0.25) is 4.79 Å². The number of hydrogen-bond donors (Lipinski definition) is 2. The van der Waals surface area contributed by atoms with Gasteiger partial charge in [-0.05, 0) is 33.3 Å². The van der Waals surface area contributed by atoms with Crippen LogP contribution >= 0.6 is 0 Å². The number of carboxylic acids is 1. The van der Waals surface area contributed by atoms with E-state index in [1.807, 2.05) is 30.3 Å². The van der Waals surface area contributed by atoms with E-state index in [9.17, 15) is 9.59 Å². The van der Waals surface area contributed by atoms with Crippen molar-refractivity contribution in [3.8, 4) is 0 Å². The standard InChI is InChI=1S/C16H23NO4/c1-15(2,13(18)17-16(3,4)14(19)20)11-21-10-12-8-6-5-7-9-12/h5-9H,10-11H2,1-4H3,(H,17,18)(H,19,20). The van der Waals surface area contributed by atoms with Crippen LogP contribution in [-0.4, -0.2) is 29.1 Å². The molecule has 0 spiro atoms. The number of ether oxygens (including phenoxy) is 1. The van der Waals surface area contributed by atoms with E-state index in [0.717, 1.165) is 5.56 Å². The van der Waals surface area contributed by atoms with Gasteiger partial charge in [-0.1, -0.05) is 30.3 Å². The van der Waals surface area contributed by atoms with Gasteiger partial charge in [-0.2, -0.15) is 0 Å². The molecule has 1 amide bonds. The van der Waals surface area contributed by atoms with Crippen molar-refractivity contribution in [3.05, 3.63) is 35.9 Å². The smallest absolute Gasteiger partial charge is 0.328 e. The first-order valence-corrected chi connectivity index (χ1v) is 6.83. The molecule has 0 atom stereocenters. The number of benzene rings is 1. The topological polar surface area (TPSA) is 75.6 Å². The summed E-state index contributed by atoms with van der Waals surface area (Å²) < 4.78 is 5.57. The Morgan fingerprint density at radius 1 is 1.14 bits per heavy atom. The lowest BCUT2D eigenvalue weighted by molar-refractivity contribution is -0.148. The SMILES string of the molecule is CC(C)(COCc1ccccc1)C(=O)NC(C)(C)C(=O)O. The Bertz CT molecular complexity index is 494. The number of hydrogen-bond acceptors (Lipinski definition) is 3. The largest absolute Gasteiger partial charge is 0.480 e. The zero-order chi connectivity index (χ0) is 16.1. The molecule has 1 aromatic rings. The predicted molar refractivity (Wildman–Crippen MR) is 79.7 cm³/mol. The molecule has 0 saturated heterocycles. The van der Waals surface area contributed by atoms with Crippen molar-refractivity contribution in [2.75, 3.05) is 6.61 Å². The van der Waals surface area contributed by atoms with Crippen molar-refractivity contribution >= 4 is 11.9 Å². The molecule has 0 aromatic heterocycles. The second-order valence-corrected chi connectivity index (χ2v) is 6.25. The first-order chi connectivity index (χ1) is 9.65. The molecular weight excluding hydrogens is 270 g/mol. The zero-order valence-electron chi connectivity index (χ0n) is 13.0. The second-order valence-electron chi connectivity index (χ2n) is 6.25. The van der Waals surface area contributed by atoms with E-state index >= 15 is 0 Å². The van der Waals surface area contributed by atoms with Crippen molar-refractivity contribution in [1.82, 2.24) is 5.32 Å². The predicted octanol–water partition coefficient (Wildman–Crippen LogP) is 2.21. The highest BCUT2D eigenvalue weighted by atomic mass is 16.5. The first-order valence-electron chi connectivity index (χ1n) is 6.83. The molecule has 2 N–H and O–H groups in total. The molecule has 116 valence electrons. The number of nitrogens with one attached hydrogen (secondary N) is 1. The van der Waals surface area contributed by atoms with Crippen LogP contribution in [0.1, 0.15) is 33.3 Å². The van der Waals surface area contributed by atoms with Gasteiger partial charge in [0.15, 0.2) is 0 Å². The van der Waals surface area contributed by atoms with Gasteiger partial charge in [0, 0.05) is 0 Å². The van der Waals surface area contributed by atoms with Gasteiger partial charge >= 0.3 is 5.97 Å². The van der Waals surface area contributed by atoms with Gasteiger partial charge in [-0.15, -0.1) is 0 Å². The fourth-order valence-corrected chi connectivity index (χ4v) is 1.57. The maximum Gasteiger partial charge on any atom is 0.328 e. The molecule has 5 heteroatoms. The number of amides is 1. The Kier molecular flexibility index (Phi) is 5.49. The minimum atomic E-state index is -1.30. The van der Waals surface area contributed by atoms with Gasteiger partial charge in [0.25, 0.3) is 0 Å². The molecule has 0 aliphatic rings. The Labute approximate surface area is 125 Å². The molecule has 0 unspecified atom stereocenters. The van der Waals surface area contributed by atoms with E-state index in [-0.39, 0.29) is 12.5 Å². The molecule has 1 rings (SSSR count). The fourth-order valence-electron chi connectivity index (χ4n) is 1.57. The minimum absolute atomic E-state index is 0.212. The number of rotatable bonds is 7. The molecule has 0 radical (unpaired) electrons. The third-order valence-electron chi connectivity index (χ3n) is 3.15. The average Bonchev–Trinajstić information content (AvgIpc) is 2.39. The summed E-state index contributed by atoms with van der Waals surface area (Å²) in [6, 6.07) is 9.66. The third-order valence-corrected chi connectivity index (χ3v) is 3.15. The molecule has 0 heterocycles. The van der Waals surface area contributed by atoms with Crippen molar-refractivity contribution in [2.24, 2.45) is 5.41 Å². The van der Waals surface area contributed by atoms with Crippen molar-refractivity contribution in [3.63, 3.8) is 0 Å². The highest BCUT2D eigenvalue weighted by Gasteiger charge is 2.35. The van der Waals surface area contributed by atoms with E-state index < -0.39 is 16.9 Å². The van der Waals surface area contributed by atoms with Gasteiger partial charge in [0.2, 0.25) is 5.91 Å². The highest BCUT2D eigenvalue weighted by Crippen LogP contribution is 2.18. The molecule has 1 aromatic carbocycles. The average molecular weight is 293 g/mol. The summed E-state index contributed by atoms with van der Waals surface area (Å²) in [7, 11) is 0. The number of carbonyl (C=O) groups is 2. The van der Waals surface area contributed by atoms with Crippen molar-refractivity contribution in [1.29, 1.82) is 0 Å². The normalized spacial score (nSPS) is 12.0. The van der Waals surface area contributed by atoms with Gasteiger partial charge < -0.3 is 15.2 Å². The molecule has 0 fully saturated rings. The lowest BCUT2D eigenvalue weighted by Gasteiger charge is -2.29. The van der Waals surface area contributed by atoms with E-state index in [1.165, 1.54) is 13.8 Å². The van der Waals surface area contributed by atoms with Gasteiger partial charge in [0.05, 0.1) is 18.6 Å². The maximum absolute atomic E-state index is 12.2. The Morgan fingerprint density at radius 2 is 1.71 bits per heavy atom. The van der Waals surface area contributed by atoms with Crippen LogP contribution in [0, 0.1) is 5.41 Å². The van der Waals surface area contributed by atoms with Gasteiger partial charge in [-0.25, -0.2) is 4.79 Å². The Morgan fingerprint density at radius 3 is 2.24 bits per heavy atom. The van der Waals surface area contributed by atoms with E-state index in [4.69, 9.17) is 9.84 Å². The van der Waals surface area contributed by atoms with E-state index in [0.29, 0.717) is 6.61 Å². The van der Waals surface area contributed by atoms with Crippen LogP contribution in [0.4, 0.5) is 0 Å². The summed E-state index contributed by atoms with van der Waals surface area (Å²) in [6.45, 7) is 6.99. The number of carboxylic acid groups (broad SMARTS) is 1. The maximum atomic E-state index is 12.2. The summed E-state index contributed by atoms with van der Waals surface area (Å²) in [5, 5.41) is 11.6. The monoisotopic (exact) mass is 293 g/mol. The molecular formula is C16H23NO4. The Balaban J connectivity index is 2.52. The quantitative estimate of drug-likeness (QED) is 0.808. The van der Waals surface area contributed by atoms with Crippen LogP contribution in [0.5, 0.6) is 0 Å². The summed E-state index contributed by atoms with van der Waals surface area (Å²) in [4.78, 5) is 23.2. The lowest BCUT2D eigenvalue weighted by Crippen LogP contribution is -2.54. The van der Waals surface area contributed by atoms with Crippen LogP contribution in [0.15, 0.2) is 30.3 Å². The van der Waals surface area contributed by atoms with Crippen LogP contribution in [0.2, 0.25) is 0 Å². The molecule has 0 bridgehead atoms. The number of carbonyl (C=O) groups excluding carboxylic acids is 1. The fraction of sp³-hybridized carbons (Fsp3) is 0.500. The molecule has 0 aliphatic carbocycles. The first kappa shape index (κ1) is 17.2. The summed E-state index contributed by atoms with van der Waals surface area (Å²) in [6.07, 6.45) is 0. The lowest BCUT2D eigenvalue weighted by atomic mass is 9.91. The summed E-state index contributed by atoms with van der Waals surface area (Å²) in [5.74, 6) is -1.42. The second kappa shape index (κ2) is 6.72. The number of aliphatic carboxylic acids is 1. The summed E-state index contributed by atoms with van der Waals surface area (Å²) in [5.41, 5.74) is -1.07. The van der Waals surface area contributed by atoms with Crippen molar-refractivity contribution in [2.45, 2.75) is 39.8 Å². The highest BCUT2D eigenvalue weighted by molar-refractivity contribution is 5.89. The third kappa shape index (κ3) is 5.19. The molecule has 5 nitrogen and oxygen atoms in total. The van der Waals surface area contributed by atoms with Crippen molar-refractivity contribution < 1.29 is 19.4 Å².